The lowest BCUT2D eigenvalue weighted by molar-refractivity contribution is -0.148. The number of rotatable bonds is 8. The second-order valence-corrected chi connectivity index (χ2v) is 10.6. The molecule has 2 aliphatic carbocycles. The lowest BCUT2D eigenvalue weighted by Crippen LogP contribution is -2.50. The van der Waals surface area contributed by atoms with Crippen LogP contribution in [0.2, 0.25) is 0 Å². The fourth-order valence-corrected chi connectivity index (χ4v) is 5.62. The highest BCUT2D eigenvalue weighted by molar-refractivity contribution is 7.11. The van der Waals surface area contributed by atoms with Gasteiger partial charge in [0.05, 0.1) is 6.54 Å². The number of nitrogens with zero attached hydrogens (tertiary/aromatic N) is 2. The average molecular weight is 457 g/mol. The van der Waals surface area contributed by atoms with E-state index in [-0.39, 0.29) is 36.1 Å². The molecule has 0 radical (unpaired) electrons. The van der Waals surface area contributed by atoms with Gasteiger partial charge in [0, 0.05) is 28.3 Å². The first-order chi connectivity index (χ1) is 15.5. The standard InChI is InChI=1S/C26H33FN2O2S/c1-19-10-15-24(32-19)17-28(16-20-11-13-22(27)14-12-20)25(30)18-29(23-8-3-2-4-9-23)26(31)21-6-5-7-21/h10-15,21,23H,2-9,16-18H2,1H3. The molecule has 2 fully saturated rings. The van der Waals surface area contributed by atoms with Gasteiger partial charge < -0.3 is 9.80 Å². The Labute approximate surface area is 194 Å². The minimum absolute atomic E-state index is 0.0291. The SMILES string of the molecule is Cc1ccc(CN(Cc2ccc(F)cc2)C(=O)CN(C(=O)C2CCC2)C2CCCCC2)s1. The molecule has 2 saturated carbocycles. The van der Waals surface area contributed by atoms with Crippen LogP contribution in [0.3, 0.4) is 0 Å². The van der Waals surface area contributed by atoms with Crippen LogP contribution in [0.1, 0.15) is 66.7 Å². The highest BCUT2D eigenvalue weighted by Gasteiger charge is 2.35. The molecule has 4 nitrogen and oxygen atoms in total. The zero-order valence-corrected chi connectivity index (χ0v) is 19.7. The molecular formula is C26H33FN2O2S. The predicted octanol–water partition coefficient (Wildman–Crippen LogP) is 5.69. The molecule has 2 aromatic rings. The van der Waals surface area contributed by atoms with Gasteiger partial charge in [-0.3, -0.25) is 9.59 Å². The fraction of sp³-hybridized carbons (Fsp3) is 0.538. The molecular weight excluding hydrogens is 423 g/mol. The van der Waals surface area contributed by atoms with Crippen molar-refractivity contribution < 1.29 is 14.0 Å². The number of aryl methyl sites for hydroxylation is 1. The van der Waals surface area contributed by atoms with Crippen LogP contribution in [0.25, 0.3) is 0 Å². The Balaban J connectivity index is 1.52. The summed E-state index contributed by atoms with van der Waals surface area (Å²) in [7, 11) is 0. The van der Waals surface area contributed by atoms with Crippen molar-refractivity contribution in [3.8, 4) is 0 Å². The van der Waals surface area contributed by atoms with Gasteiger partial charge >= 0.3 is 0 Å². The van der Waals surface area contributed by atoms with Crippen LogP contribution in [0, 0.1) is 18.7 Å². The van der Waals surface area contributed by atoms with Gasteiger partial charge in [-0.25, -0.2) is 4.39 Å². The zero-order chi connectivity index (χ0) is 22.5. The molecule has 0 saturated heterocycles. The molecule has 1 aromatic carbocycles. The number of carbonyl (C=O) groups excluding carboxylic acids is 2. The van der Waals surface area contributed by atoms with Crippen LogP contribution >= 0.6 is 11.3 Å². The van der Waals surface area contributed by atoms with Crippen LogP contribution in [-0.2, 0) is 22.7 Å². The van der Waals surface area contributed by atoms with Crippen molar-refractivity contribution in [1.82, 2.24) is 9.80 Å². The number of thiophene rings is 1. The van der Waals surface area contributed by atoms with Crippen LogP contribution in [0.15, 0.2) is 36.4 Å². The van der Waals surface area contributed by atoms with Crippen LogP contribution in [0.5, 0.6) is 0 Å². The fourth-order valence-electron chi connectivity index (χ4n) is 4.72. The Morgan fingerprint density at radius 3 is 2.25 bits per heavy atom. The number of benzene rings is 1. The third kappa shape index (κ3) is 5.77. The Kier molecular flexibility index (Phi) is 7.61. The summed E-state index contributed by atoms with van der Waals surface area (Å²) in [6.07, 6.45) is 8.46. The van der Waals surface area contributed by atoms with E-state index in [0.717, 1.165) is 55.4 Å². The number of amides is 2. The summed E-state index contributed by atoms with van der Waals surface area (Å²) in [5.41, 5.74) is 0.891. The summed E-state index contributed by atoms with van der Waals surface area (Å²) in [4.78, 5) is 32.9. The number of carbonyl (C=O) groups is 2. The second kappa shape index (κ2) is 10.6. The van der Waals surface area contributed by atoms with Crippen LogP contribution < -0.4 is 0 Å². The van der Waals surface area contributed by atoms with Crippen molar-refractivity contribution in [3.05, 3.63) is 57.5 Å². The van der Waals surface area contributed by atoms with Crippen molar-refractivity contribution in [2.24, 2.45) is 5.92 Å². The minimum atomic E-state index is -0.282. The van der Waals surface area contributed by atoms with Crippen molar-refractivity contribution >= 4 is 23.2 Å². The molecule has 1 aromatic heterocycles. The molecule has 2 amide bonds. The van der Waals surface area contributed by atoms with Crippen molar-refractivity contribution in [2.45, 2.75) is 77.4 Å². The van der Waals surface area contributed by atoms with E-state index in [0.29, 0.717) is 13.1 Å². The molecule has 4 rings (SSSR count). The Bertz CT molecular complexity index is 916. The number of hydrogen-bond acceptors (Lipinski definition) is 3. The first kappa shape index (κ1) is 23.0. The summed E-state index contributed by atoms with van der Waals surface area (Å²) in [5, 5.41) is 0. The summed E-state index contributed by atoms with van der Waals surface area (Å²) >= 11 is 1.68. The van der Waals surface area contributed by atoms with Crippen LogP contribution in [0.4, 0.5) is 4.39 Å². The van der Waals surface area contributed by atoms with Gasteiger partial charge in [-0.15, -0.1) is 11.3 Å². The van der Waals surface area contributed by atoms with E-state index in [1.165, 1.54) is 23.4 Å². The quantitative estimate of drug-likeness (QED) is 0.512. The maximum Gasteiger partial charge on any atom is 0.242 e. The third-order valence-corrected chi connectivity index (χ3v) is 7.83. The third-order valence-electron chi connectivity index (χ3n) is 6.84. The van der Waals surface area contributed by atoms with Gasteiger partial charge in [-0.2, -0.15) is 0 Å². The maximum absolute atomic E-state index is 13.6. The molecule has 32 heavy (non-hydrogen) atoms. The molecule has 0 unspecified atom stereocenters. The topological polar surface area (TPSA) is 40.6 Å². The molecule has 172 valence electrons. The van der Waals surface area contributed by atoms with E-state index in [9.17, 15) is 14.0 Å². The highest BCUT2D eigenvalue weighted by atomic mass is 32.1. The molecule has 1 heterocycles. The van der Waals surface area contributed by atoms with E-state index >= 15 is 0 Å². The van der Waals surface area contributed by atoms with Gasteiger partial charge in [0.15, 0.2) is 0 Å². The lowest BCUT2D eigenvalue weighted by atomic mass is 9.83. The predicted molar refractivity (Wildman–Crippen MR) is 126 cm³/mol. The first-order valence-corrected chi connectivity index (χ1v) is 12.7. The van der Waals surface area contributed by atoms with E-state index in [1.807, 2.05) is 9.80 Å². The molecule has 0 N–H and O–H groups in total. The highest BCUT2D eigenvalue weighted by Crippen LogP contribution is 2.32. The first-order valence-electron chi connectivity index (χ1n) is 11.9. The average Bonchev–Trinajstić information content (AvgIpc) is 3.17. The smallest absolute Gasteiger partial charge is 0.242 e. The van der Waals surface area contributed by atoms with E-state index in [4.69, 9.17) is 0 Å². The van der Waals surface area contributed by atoms with Gasteiger partial charge in [0.25, 0.3) is 0 Å². The normalized spacial score (nSPS) is 17.1. The largest absolute Gasteiger partial charge is 0.332 e. The lowest BCUT2D eigenvalue weighted by Gasteiger charge is -2.39. The van der Waals surface area contributed by atoms with Crippen molar-refractivity contribution in [2.75, 3.05) is 6.54 Å². The Morgan fingerprint density at radius 1 is 0.938 bits per heavy atom. The Hall–Kier alpha value is -2.21. The molecule has 2 aliphatic rings. The van der Waals surface area contributed by atoms with Gasteiger partial charge in [-0.1, -0.05) is 37.8 Å². The molecule has 0 bridgehead atoms. The van der Waals surface area contributed by atoms with E-state index < -0.39 is 0 Å². The Morgan fingerprint density at radius 2 is 1.66 bits per heavy atom. The molecule has 0 spiro atoms. The summed E-state index contributed by atoms with van der Waals surface area (Å²) in [6, 6.07) is 10.6. The van der Waals surface area contributed by atoms with E-state index in [1.54, 1.807) is 23.5 Å². The monoisotopic (exact) mass is 456 g/mol. The summed E-state index contributed by atoms with van der Waals surface area (Å²) < 4.78 is 13.4. The minimum Gasteiger partial charge on any atom is -0.332 e. The van der Waals surface area contributed by atoms with Crippen molar-refractivity contribution in [3.63, 3.8) is 0 Å². The van der Waals surface area contributed by atoms with Gasteiger partial charge in [0.2, 0.25) is 11.8 Å². The van der Waals surface area contributed by atoms with E-state index in [2.05, 4.69) is 19.1 Å². The van der Waals surface area contributed by atoms with Gasteiger partial charge in [0.1, 0.15) is 12.4 Å². The number of hydrogen-bond donors (Lipinski definition) is 0. The summed E-state index contributed by atoms with van der Waals surface area (Å²) in [5.74, 6) is -0.0471. The maximum atomic E-state index is 13.6. The molecule has 6 heteroatoms. The van der Waals surface area contributed by atoms with Crippen molar-refractivity contribution in [1.29, 1.82) is 0 Å². The molecule has 0 aliphatic heterocycles. The number of halogens is 1. The second-order valence-electron chi connectivity index (χ2n) is 9.27. The molecule has 0 atom stereocenters. The summed E-state index contributed by atoms with van der Waals surface area (Å²) in [6.45, 7) is 3.12. The van der Waals surface area contributed by atoms with Crippen LogP contribution in [-0.4, -0.2) is 34.2 Å². The van der Waals surface area contributed by atoms with Gasteiger partial charge in [-0.05, 0) is 62.4 Å². The zero-order valence-electron chi connectivity index (χ0n) is 18.9.